The first kappa shape index (κ1) is 11.5. The third-order valence-electron chi connectivity index (χ3n) is 2.11. The van der Waals surface area contributed by atoms with E-state index in [4.69, 9.17) is 5.73 Å². The Morgan fingerprint density at radius 2 is 1.94 bits per heavy atom. The van der Waals surface area contributed by atoms with Crippen LogP contribution < -0.4 is 5.73 Å². The van der Waals surface area contributed by atoms with Crippen LogP contribution in [-0.2, 0) is 9.84 Å². The van der Waals surface area contributed by atoms with Gasteiger partial charge in [-0.3, -0.25) is 5.10 Å². The van der Waals surface area contributed by atoms with Gasteiger partial charge in [0.15, 0.2) is 0 Å². The minimum Gasteiger partial charge on any atom is -0.383 e. The van der Waals surface area contributed by atoms with E-state index in [0.29, 0.717) is 6.07 Å². The molecular formula is C9H7F2N3O2S. The van der Waals surface area contributed by atoms with Crippen molar-refractivity contribution in [3.8, 4) is 0 Å². The molecule has 0 spiro atoms. The first-order valence-corrected chi connectivity index (χ1v) is 5.90. The number of aromatic amines is 1. The highest BCUT2D eigenvalue weighted by Crippen LogP contribution is 2.26. The van der Waals surface area contributed by atoms with Gasteiger partial charge in [-0.05, 0) is 12.1 Å². The number of nitrogen functional groups attached to an aromatic ring is 1. The van der Waals surface area contributed by atoms with Gasteiger partial charge in [0.05, 0.1) is 6.20 Å². The first-order valence-electron chi connectivity index (χ1n) is 4.42. The van der Waals surface area contributed by atoms with E-state index < -0.39 is 26.4 Å². The van der Waals surface area contributed by atoms with Crippen molar-refractivity contribution in [2.75, 3.05) is 5.73 Å². The van der Waals surface area contributed by atoms with Gasteiger partial charge in [0, 0.05) is 6.07 Å². The Labute approximate surface area is 95.2 Å². The van der Waals surface area contributed by atoms with Crippen molar-refractivity contribution < 1.29 is 17.2 Å². The van der Waals surface area contributed by atoms with Crippen LogP contribution in [0.2, 0.25) is 0 Å². The van der Waals surface area contributed by atoms with Crippen LogP contribution in [0.1, 0.15) is 0 Å². The number of benzene rings is 1. The summed E-state index contributed by atoms with van der Waals surface area (Å²) in [6.07, 6.45) is 0.966. The van der Waals surface area contributed by atoms with E-state index in [2.05, 4.69) is 10.2 Å². The number of hydrogen-bond acceptors (Lipinski definition) is 4. The SMILES string of the molecule is Nc1[nH]ncc1S(=O)(=O)c1ccc(F)cc1F. The van der Waals surface area contributed by atoms with Gasteiger partial charge in [-0.15, -0.1) is 0 Å². The summed E-state index contributed by atoms with van der Waals surface area (Å²) in [5.41, 5.74) is 5.35. The summed E-state index contributed by atoms with van der Waals surface area (Å²) in [7, 11) is -4.13. The van der Waals surface area contributed by atoms with Crippen molar-refractivity contribution >= 4 is 15.7 Å². The number of aromatic nitrogens is 2. The second-order valence-corrected chi connectivity index (χ2v) is 5.11. The zero-order valence-electron chi connectivity index (χ0n) is 8.31. The van der Waals surface area contributed by atoms with E-state index in [1.165, 1.54) is 0 Å². The lowest BCUT2D eigenvalue weighted by molar-refractivity contribution is 0.549. The molecule has 0 aliphatic heterocycles. The molecule has 1 aromatic carbocycles. The number of halogens is 2. The van der Waals surface area contributed by atoms with Crippen LogP contribution in [0.5, 0.6) is 0 Å². The van der Waals surface area contributed by atoms with Crippen LogP contribution in [0.4, 0.5) is 14.6 Å². The monoisotopic (exact) mass is 259 g/mol. The third-order valence-corrected chi connectivity index (χ3v) is 3.92. The second kappa shape index (κ2) is 3.81. The number of hydrogen-bond donors (Lipinski definition) is 2. The molecular weight excluding hydrogens is 252 g/mol. The summed E-state index contributed by atoms with van der Waals surface area (Å²) in [6.45, 7) is 0. The Hall–Kier alpha value is -1.96. The summed E-state index contributed by atoms with van der Waals surface area (Å²) in [6, 6.07) is 2.18. The van der Waals surface area contributed by atoms with E-state index in [1.807, 2.05) is 0 Å². The van der Waals surface area contributed by atoms with Crippen LogP contribution in [0.15, 0.2) is 34.2 Å². The smallest absolute Gasteiger partial charge is 0.214 e. The second-order valence-electron chi connectivity index (χ2n) is 3.23. The molecule has 1 heterocycles. The average Bonchev–Trinajstić information content (AvgIpc) is 2.64. The fourth-order valence-electron chi connectivity index (χ4n) is 1.31. The molecule has 1 aromatic heterocycles. The Bertz CT molecular complexity index is 667. The van der Waals surface area contributed by atoms with E-state index in [-0.39, 0.29) is 10.7 Å². The molecule has 0 bridgehead atoms. The predicted octanol–water partition coefficient (Wildman–Crippen LogP) is 1.10. The van der Waals surface area contributed by atoms with Gasteiger partial charge in [0.1, 0.15) is 27.2 Å². The number of rotatable bonds is 2. The number of H-pyrrole nitrogens is 1. The maximum absolute atomic E-state index is 13.4. The van der Waals surface area contributed by atoms with Gasteiger partial charge in [-0.2, -0.15) is 5.10 Å². The lowest BCUT2D eigenvalue weighted by Crippen LogP contribution is -2.06. The summed E-state index contributed by atoms with van der Waals surface area (Å²) >= 11 is 0. The zero-order valence-corrected chi connectivity index (χ0v) is 9.13. The van der Waals surface area contributed by atoms with Gasteiger partial charge < -0.3 is 5.73 Å². The van der Waals surface area contributed by atoms with Crippen molar-refractivity contribution in [2.45, 2.75) is 9.79 Å². The molecule has 0 saturated carbocycles. The first-order chi connectivity index (χ1) is 7.93. The van der Waals surface area contributed by atoms with Crippen molar-refractivity contribution in [1.29, 1.82) is 0 Å². The van der Waals surface area contributed by atoms with Crippen LogP contribution >= 0.6 is 0 Å². The number of anilines is 1. The van der Waals surface area contributed by atoms with Crippen LogP contribution in [0.3, 0.4) is 0 Å². The van der Waals surface area contributed by atoms with Crippen molar-refractivity contribution in [2.24, 2.45) is 0 Å². The van der Waals surface area contributed by atoms with E-state index in [9.17, 15) is 17.2 Å². The average molecular weight is 259 g/mol. The molecule has 2 aromatic rings. The fourth-order valence-corrected chi connectivity index (χ4v) is 2.64. The van der Waals surface area contributed by atoms with Crippen molar-refractivity contribution in [3.63, 3.8) is 0 Å². The summed E-state index contributed by atoms with van der Waals surface area (Å²) in [4.78, 5) is -0.991. The number of nitrogens with one attached hydrogen (secondary N) is 1. The molecule has 17 heavy (non-hydrogen) atoms. The molecule has 0 saturated heterocycles. The Morgan fingerprint density at radius 1 is 1.24 bits per heavy atom. The molecule has 5 nitrogen and oxygen atoms in total. The summed E-state index contributed by atoms with van der Waals surface area (Å²) in [5.74, 6) is -2.24. The third kappa shape index (κ3) is 1.86. The quantitative estimate of drug-likeness (QED) is 0.790. The highest BCUT2D eigenvalue weighted by atomic mass is 32.2. The molecule has 0 radical (unpaired) electrons. The lowest BCUT2D eigenvalue weighted by Gasteiger charge is -2.04. The predicted molar refractivity (Wildman–Crippen MR) is 54.8 cm³/mol. The van der Waals surface area contributed by atoms with Crippen LogP contribution in [0.25, 0.3) is 0 Å². The molecule has 0 unspecified atom stereocenters. The number of nitrogens with zero attached hydrogens (tertiary/aromatic N) is 1. The maximum Gasteiger partial charge on any atom is 0.214 e. The maximum atomic E-state index is 13.4. The van der Waals surface area contributed by atoms with Gasteiger partial charge in [-0.25, -0.2) is 17.2 Å². The molecule has 0 aliphatic carbocycles. The molecule has 0 fully saturated rings. The van der Waals surface area contributed by atoms with E-state index >= 15 is 0 Å². The lowest BCUT2D eigenvalue weighted by atomic mass is 10.3. The molecule has 90 valence electrons. The molecule has 0 amide bonds. The molecule has 3 N–H and O–H groups in total. The van der Waals surface area contributed by atoms with Gasteiger partial charge in [0.2, 0.25) is 9.84 Å². The number of sulfone groups is 1. The molecule has 2 rings (SSSR count). The van der Waals surface area contributed by atoms with Crippen LogP contribution in [-0.4, -0.2) is 18.6 Å². The Kier molecular flexibility index (Phi) is 2.58. The van der Waals surface area contributed by atoms with Gasteiger partial charge in [-0.1, -0.05) is 0 Å². The summed E-state index contributed by atoms with van der Waals surface area (Å²) < 4.78 is 49.9. The Morgan fingerprint density at radius 3 is 2.47 bits per heavy atom. The highest BCUT2D eigenvalue weighted by Gasteiger charge is 2.25. The number of nitrogens with two attached hydrogens (primary N) is 1. The minimum atomic E-state index is -4.13. The zero-order chi connectivity index (χ0) is 12.6. The van der Waals surface area contributed by atoms with Crippen LogP contribution in [0, 0.1) is 11.6 Å². The van der Waals surface area contributed by atoms with E-state index in [1.54, 1.807) is 0 Å². The minimum absolute atomic E-state index is 0.200. The van der Waals surface area contributed by atoms with Gasteiger partial charge >= 0.3 is 0 Å². The molecule has 8 heteroatoms. The summed E-state index contributed by atoms with van der Waals surface area (Å²) in [5, 5.41) is 5.66. The highest BCUT2D eigenvalue weighted by molar-refractivity contribution is 7.91. The molecule has 0 aliphatic rings. The Balaban J connectivity index is 2.65. The van der Waals surface area contributed by atoms with Crippen molar-refractivity contribution in [3.05, 3.63) is 36.0 Å². The normalized spacial score (nSPS) is 11.6. The molecule has 0 atom stereocenters. The van der Waals surface area contributed by atoms with Gasteiger partial charge in [0.25, 0.3) is 0 Å². The topological polar surface area (TPSA) is 88.8 Å². The van der Waals surface area contributed by atoms with E-state index in [0.717, 1.165) is 18.3 Å². The van der Waals surface area contributed by atoms with Crippen molar-refractivity contribution in [1.82, 2.24) is 10.2 Å². The fraction of sp³-hybridized carbons (Fsp3) is 0. The standard InChI is InChI=1S/C9H7F2N3O2S/c10-5-1-2-7(6(11)3-5)17(15,16)8-4-13-14-9(8)12/h1-4H,(H3,12,13,14). The largest absolute Gasteiger partial charge is 0.383 e.